The van der Waals surface area contributed by atoms with Crippen molar-refractivity contribution in [2.45, 2.75) is 77.4 Å². The van der Waals surface area contributed by atoms with Crippen molar-refractivity contribution in [3.63, 3.8) is 0 Å². The summed E-state index contributed by atoms with van der Waals surface area (Å²) in [6.45, 7) is 4.86. The van der Waals surface area contributed by atoms with Gasteiger partial charge in [-0.25, -0.2) is 0 Å². The van der Waals surface area contributed by atoms with Crippen molar-refractivity contribution < 1.29 is 4.74 Å². The van der Waals surface area contributed by atoms with Gasteiger partial charge in [0.25, 0.3) is 0 Å². The molecule has 0 aromatic heterocycles. The van der Waals surface area contributed by atoms with Gasteiger partial charge in [-0.05, 0) is 56.4 Å². The summed E-state index contributed by atoms with van der Waals surface area (Å²) in [6, 6.07) is 0.554. The lowest BCUT2D eigenvalue weighted by Crippen LogP contribution is -2.50. The van der Waals surface area contributed by atoms with Crippen molar-refractivity contribution in [1.82, 2.24) is 5.32 Å². The van der Waals surface area contributed by atoms with Crippen LogP contribution in [0.5, 0.6) is 0 Å². The molecule has 2 saturated carbocycles. The normalized spacial score (nSPS) is 35.7. The number of nitrogens with one attached hydrogen (secondary N) is 1. The first-order valence-corrected chi connectivity index (χ1v) is 8.87. The van der Waals surface area contributed by atoms with Gasteiger partial charge in [-0.2, -0.15) is 0 Å². The van der Waals surface area contributed by atoms with Crippen LogP contribution in [0.25, 0.3) is 0 Å². The Morgan fingerprint density at radius 1 is 0.900 bits per heavy atom. The molecular weight excluding hydrogens is 246 g/mol. The van der Waals surface area contributed by atoms with Crippen molar-refractivity contribution in [2.75, 3.05) is 14.2 Å². The number of hydrogen-bond acceptors (Lipinski definition) is 2. The Kier molecular flexibility index (Phi) is 6.35. The summed E-state index contributed by atoms with van der Waals surface area (Å²) in [5.41, 5.74) is 0. The van der Waals surface area contributed by atoms with Crippen LogP contribution in [0.1, 0.15) is 65.2 Å². The first-order chi connectivity index (χ1) is 9.67. The second-order valence-corrected chi connectivity index (χ2v) is 7.44. The second kappa shape index (κ2) is 7.79. The summed E-state index contributed by atoms with van der Waals surface area (Å²) in [4.78, 5) is 0. The highest BCUT2D eigenvalue weighted by atomic mass is 16.5. The first kappa shape index (κ1) is 16.3. The zero-order valence-electron chi connectivity index (χ0n) is 14.0. The Hall–Kier alpha value is -0.0800. The Morgan fingerprint density at radius 3 is 2.15 bits per heavy atom. The average Bonchev–Trinajstić information content (AvgIpc) is 2.48. The van der Waals surface area contributed by atoms with E-state index in [4.69, 9.17) is 4.74 Å². The monoisotopic (exact) mass is 281 g/mol. The van der Waals surface area contributed by atoms with Gasteiger partial charge in [-0.1, -0.05) is 39.5 Å². The first-order valence-electron chi connectivity index (χ1n) is 8.87. The van der Waals surface area contributed by atoms with Gasteiger partial charge in [0.05, 0.1) is 6.10 Å². The van der Waals surface area contributed by atoms with E-state index in [1.54, 1.807) is 0 Å². The number of hydrogen-bond donors (Lipinski definition) is 1. The van der Waals surface area contributed by atoms with E-state index in [1.165, 1.54) is 51.4 Å². The Labute approximate surface area is 126 Å². The Balaban J connectivity index is 2.00. The number of rotatable bonds is 5. The summed E-state index contributed by atoms with van der Waals surface area (Å²) >= 11 is 0. The summed E-state index contributed by atoms with van der Waals surface area (Å²) in [5, 5.41) is 3.63. The van der Waals surface area contributed by atoms with Crippen LogP contribution in [0.3, 0.4) is 0 Å². The van der Waals surface area contributed by atoms with Crippen molar-refractivity contribution >= 4 is 0 Å². The SMILES string of the molecule is CNC(C1CCC(C)C(C)C1)C(OC)C1CCCCC1. The van der Waals surface area contributed by atoms with E-state index in [0.29, 0.717) is 12.1 Å². The van der Waals surface area contributed by atoms with Crippen LogP contribution < -0.4 is 5.32 Å². The number of methoxy groups -OCH3 is 1. The molecule has 0 bridgehead atoms. The minimum Gasteiger partial charge on any atom is -0.380 e. The highest BCUT2D eigenvalue weighted by Crippen LogP contribution is 2.38. The molecule has 0 aromatic carbocycles. The zero-order chi connectivity index (χ0) is 14.5. The lowest BCUT2D eigenvalue weighted by atomic mass is 9.70. The number of ether oxygens (including phenoxy) is 1. The van der Waals surface area contributed by atoms with Gasteiger partial charge in [0, 0.05) is 13.2 Å². The van der Waals surface area contributed by atoms with Crippen molar-refractivity contribution in [3.05, 3.63) is 0 Å². The molecular formula is C18H35NO. The fourth-order valence-corrected chi connectivity index (χ4v) is 4.68. The molecule has 2 rings (SSSR count). The molecule has 0 radical (unpaired) electrons. The minimum atomic E-state index is 0.422. The third-order valence-electron chi connectivity index (χ3n) is 6.22. The third kappa shape index (κ3) is 3.76. The molecule has 0 aromatic rings. The average molecular weight is 281 g/mol. The molecule has 0 spiro atoms. The van der Waals surface area contributed by atoms with E-state index in [-0.39, 0.29) is 0 Å². The number of likely N-dealkylation sites (N-methyl/N-ethyl adjacent to an activating group) is 1. The van der Waals surface area contributed by atoms with Crippen molar-refractivity contribution in [3.8, 4) is 0 Å². The maximum Gasteiger partial charge on any atom is 0.0754 e. The molecule has 0 saturated heterocycles. The van der Waals surface area contributed by atoms with Gasteiger partial charge in [-0.3, -0.25) is 0 Å². The predicted octanol–water partition coefficient (Wildman–Crippen LogP) is 4.24. The van der Waals surface area contributed by atoms with E-state index in [2.05, 4.69) is 26.2 Å². The molecule has 5 unspecified atom stereocenters. The van der Waals surface area contributed by atoms with Crippen LogP contribution in [0.2, 0.25) is 0 Å². The maximum atomic E-state index is 6.00. The fraction of sp³-hybridized carbons (Fsp3) is 1.00. The van der Waals surface area contributed by atoms with Gasteiger partial charge in [-0.15, -0.1) is 0 Å². The molecule has 0 aliphatic heterocycles. The topological polar surface area (TPSA) is 21.3 Å². The predicted molar refractivity (Wildman–Crippen MR) is 85.9 cm³/mol. The van der Waals surface area contributed by atoms with Crippen LogP contribution >= 0.6 is 0 Å². The Bertz CT molecular complexity index is 275. The molecule has 0 heterocycles. The van der Waals surface area contributed by atoms with Gasteiger partial charge >= 0.3 is 0 Å². The Morgan fingerprint density at radius 2 is 1.60 bits per heavy atom. The highest BCUT2D eigenvalue weighted by molar-refractivity contribution is 4.91. The molecule has 20 heavy (non-hydrogen) atoms. The molecule has 2 nitrogen and oxygen atoms in total. The summed E-state index contributed by atoms with van der Waals surface area (Å²) in [6.07, 6.45) is 11.5. The summed E-state index contributed by atoms with van der Waals surface area (Å²) in [7, 11) is 4.07. The van der Waals surface area contributed by atoms with Crippen molar-refractivity contribution in [1.29, 1.82) is 0 Å². The van der Waals surface area contributed by atoms with E-state index >= 15 is 0 Å². The van der Waals surface area contributed by atoms with Crippen molar-refractivity contribution in [2.24, 2.45) is 23.7 Å². The largest absolute Gasteiger partial charge is 0.380 e. The van der Waals surface area contributed by atoms with Crippen LogP contribution in [0, 0.1) is 23.7 Å². The molecule has 0 amide bonds. The molecule has 2 aliphatic rings. The van der Waals surface area contributed by atoms with Crippen LogP contribution in [-0.2, 0) is 4.74 Å². The van der Waals surface area contributed by atoms with Gasteiger partial charge in [0.1, 0.15) is 0 Å². The van der Waals surface area contributed by atoms with E-state index in [9.17, 15) is 0 Å². The lowest BCUT2D eigenvalue weighted by molar-refractivity contribution is -0.0166. The smallest absolute Gasteiger partial charge is 0.0754 e. The zero-order valence-corrected chi connectivity index (χ0v) is 14.0. The molecule has 5 atom stereocenters. The van der Waals surface area contributed by atoms with E-state index < -0.39 is 0 Å². The van der Waals surface area contributed by atoms with Gasteiger partial charge < -0.3 is 10.1 Å². The fourth-order valence-electron chi connectivity index (χ4n) is 4.68. The minimum absolute atomic E-state index is 0.422. The molecule has 2 aliphatic carbocycles. The standard InChI is InChI=1S/C18H35NO/c1-13-10-11-16(12-14(13)2)17(19-3)18(20-4)15-8-6-5-7-9-15/h13-19H,5-12H2,1-4H3. The van der Waals surface area contributed by atoms with Crippen LogP contribution in [0.15, 0.2) is 0 Å². The van der Waals surface area contributed by atoms with Crippen LogP contribution in [-0.4, -0.2) is 26.3 Å². The summed E-state index contributed by atoms with van der Waals surface area (Å²) in [5.74, 6) is 3.35. The highest BCUT2D eigenvalue weighted by Gasteiger charge is 2.37. The molecule has 2 heteroatoms. The molecule has 118 valence electrons. The van der Waals surface area contributed by atoms with Gasteiger partial charge in [0.15, 0.2) is 0 Å². The lowest BCUT2D eigenvalue weighted by Gasteiger charge is -2.42. The summed E-state index contributed by atoms with van der Waals surface area (Å²) < 4.78 is 6.00. The van der Waals surface area contributed by atoms with E-state index in [0.717, 1.165) is 23.7 Å². The molecule has 1 N–H and O–H groups in total. The molecule has 2 fully saturated rings. The second-order valence-electron chi connectivity index (χ2n) is 7.44. The maximum absolute atomic E-state index is 6.00. The van der Waals surface area contributed by atoms with Crippen LogP contribution in [0.4, 0.5) is 0 Å². The van der Waals surface area contributed by atoms with Gasteiger partial charge in [0.2, 0.25) is 0 Å². The third-order valence-corrected chi connectivity index (χ3v) is 6.22. The van der Waals surface area contributed by atoms with E-state index in [1.807, 2.05) is 7.11 Å². The quantitative estimate of drug-likeness (QED) is 0.813.